The second kappa shape index (κ2) is 8.46. The first-order chi connectivity index (χ1) is 9.85. The fourth-order valence-electron chi connectivity index (χ4n) is 2.09. The number of hydrogen-bond donors (Lipinski definition) is 2. The van der Waals surface area contributed by atoms with Gasteiger partial charge in [0.2, 0.25) is 10.0 Å². The first-order valence-electron chi connectivity index (χ1n) is 7.29. The van der Waals surface area contributed by atoms with Crippen LogP contribution < -0.4 is 10.0 Å². The largest absolute Gasteiger partial charge is 0.317 e. The summed E-state index contributed by atoms with van der Waals surface area (Å²) in [6.07, 6.45) is 1.62. The third kappa shape index (κ3) is 6.54. The molecule has 4 nitrogen and oxygen atoms in total. The lowest BCUT2D eigenvalue weighted by atomic mass is 10.1. The number of hydrogen-bond acceptors (Lipinski definition) is 3. The molecule has 1 rings (SSSR count). The molecule has 0 heterocycles. The summed E-state index contributed by atoms with van der Waals surface area (Å²) in [4.78, 5) is 0. The summed E-state index contributed by atoms with van der Waals surface area (Å²) < 4.78 is 39.8. The van der Waals surface area contributed by atoms with Crippen LogP contribution in [0.5, 0.6) is 0 Å². The van der Waals surface area contributed by atoms with Gasteiger partial charge in [-0.25, -0.2) is 17.5 Å². The molecule has 21 heavy (non-hydrogen) atoms. The highest BCUT2D eigenvalue weighted by Gasteiger charge is 2.11. The summed E-state index contributed by atoms with van der Waals surface area (Å²) in [5.41, 5.74) is 1.85. The van der Waals surface area contributed by atoms with Gasteiger partial charge in [0, 0.05) is 6.54 Å². The zero-order valence-electron chi connectivity index (χ0n) is 13.0. The number of nitrogens with one attached hydrogen (secondary N) is 2. The number of aryl methyl sites for hydroxylation is 2. The predicted octanol–water partition coefficient (Wildman–Crippen LogP) is 2.25. The highest BCUT2D eigenvalue weighted by atomic mass is 32.2. The molecule has 2 N–H and O–H groups in total. The lowest BCUT2D eigenvalue weighted by molar-refractivity contribution is 0.574. The molecule has 0 aromatic heterocycles. The van der Waals surface area contributed by atoms with Gasteiger partial charge in [-0.15, -0.1) is 0 Å². The molecular formula is C15H25FN2O2S. The maximum atomic E-state index is 13.5. The highest BCUT2D eigenvalue weighted by molar-refractivity contribution is 7.89. The Morgan fingerprint density at radius 1 is 1.14 bits per heavy atom. The van der Waals surface area contributed by atoms with Gasteiger partial charge in [0.25, 0.3) is 0 Å². The minimum absolute atomic E-state index is 0.100. The van der Waals surface area contributed by atoms with Crippen molar-refractivity contribution in [2.45, 2.75) is 40.2 Å². The van der Waals surface area contributed by atoms with Crippen LogP contribution in [-0.2, 0) is 16.6 Å². The van der Waals surface area contributed by atoms with Crippen molar-refractivity contribution in [1.82, 2.24) is 10.0 Å². The monoisotopic (exact) mass is 316 g/mol. The van der Waals surface area contributed by atoms with Crippen molar-refractivity contribution in [3.8, 4) is 0 Å². The number of sulfonamides is 1. The van der Waals surface area contributed by atoms with Crippen molar-refractivity contribution in [3.05, 3.63) is 34.6 Å². The quantitative estimate of drug-likeness (QED) is 0.687. The standard InChI is InChI=1S/C15H25FN2O2S/c1-4-6-17-7-5-8-21(19,20)18-11-14-9-12(2)15(16)13(3)10-14/h9-10,17-18H,4-8,11H2,1-3H3. The first kappa shape index (κ1) is 18.1. The zero-order chi connectivity index (χ0) is 15.9. The fourth-order valence-corrected chi connectivity index (χ4v) is 3.15. The molecule has 0 aliphatic carbocycles. The van der Waals surface area contributed by atoms with Crippen molar-refractivity contribution in [2.75, 3.05) is 18.8 Å². The molecule has 0 aliphatic rings. The minimum atomic E-state index is -3.29. The molecule has 0 radical (unpaired) electrons. The van der Waals surface area contributed by atoms with E-state index in [2.05, 4.69) is 17.0 Å². The molecule has 1 aromatic rings. The summed E-state index contributed by atoms with van der Waals surface area (Å²) in [6.45, 7) is 7.23. The third-order valence-electron chi connectivity index (χ3n) is 3.19. The summed E-state index contributed by atoms with van der Waals surface area (Å²) in [6, 6.07) is 3.35. The molecule has 0 atom stereocenters. The van der Waals surface area contributed by atoms with E-state index in [0.717, 1.165) is 18.5 Å². The van der Waals surface area contributed by atoms with Gasteiger partial charge in [0.1, 0.15) is 5.82 Å². The molecule has 1 aromatic carbocycles. The molecule has 0 saturated heterocycles. The molecule has 0 aliphatic heterocycles. The molecule has 0 bridgehead atoms. The lowest BCUT2D eigenvalue weighted by Crippen LogP contribution is -2.28. The Morgan fingerprint density at radius 3 is 2.33 bits per heavy atom. The summed E-state index contributed by atoms with van der Waals surface area (Å²) in [5, 5.41) is 3.17. The average Bonchev–Trinajstić information content (AvgIpc) is 2.42. The van der Waals surface area contributed by atoms with E-state index in [4.69, 9.17) is 0 Å². The molecule has 0 amide bonds. The van der Waals surface area contributed by atoms with Gasteiger partial charge in [-0.3, -0.25) is 0 Å². The summed E-state index contributed by atoms with van der Waals surface area (Å²) in [7, 11) is -3.29. The molecule has 0 unspecified atom stereocenters. The van der Waals surface area contributed by atoms with Crippen molar-refractivity contribution < 1.29 is 12.8 Å². The van der Waals surface area contributed by atoms with Crippen LogP contribution in [0.4, 0.5) is 4.39 Å². The SMILES string of the molecule is CCCNCCCS(=O)(=O)NCc1cc(C)c(F)c(C)c1. The van der Waals surface area contributed by atoms with Crippen molar-refractivity contribution >= 4 is 10.0 Å². The van der Waals surface area contributed by atoms with Gasteiger partial charge in [-0.1, -0.05) is 19.1 Å². The van der Waals surface area contributed by atoms with Crippen LogP contribution in [0.3, 0.4) is 0 Å². The van der Waals surface area contributed by atoms with Gasteiger partial charge < -0.3 is 5.32 Å². The molecule has 6 heteroatoms. The Labute approximate surface area is 127 Å². The third-order valence-corrected chi connectivity index (χ3v) is 4.60. The van der Waals surface area contributed by atoms with E-state index in [1.165, 1.54) is 0 Å². The molecule has 0 spiro atoms. The minimum Gasteiger partial charge on any atom is -0.317 e. The van der Waals surface area contributed by atoms with Crippen LogP contribution in [0.25, 0.3) is 0 Å². The maximum Gasteiger partial charge on any atom is 0.211 e. The molecule has 120 valence electrons. The van der Waals surface area contributed by atoms with E-state index in [-0.39, 0.29) is 18.1 Å². The Balaban J connectivity index is 2.46. The average molecular weight is 316 g/mol. The van der Waals surface area contributed by atoms with E-state index in [1.807, 2.05) is 0 Å². The van der Waals surface area contributed by atoms with Gasteiger partial charge in [0.15, 0.2) is 0 Å². The van der Waals surface area contributed by atoms with Crippen LogP contribution in [0.15, 0.2) is 12.1 Å². The summed E-state index contributed by atoms with van der Waals surface area (Å²) in [5.74, 6) is -0.133. The predicted molar refractivity (Wildman–Crippen MR) is 84.3 cm³/mol. The van der Waals surface area contributed by atoms with Gasteiger partial charge in [-0.05, 0) is 56.5 Å². The fraction of sp³-hybridized carbons (Fsp3) is 0.600. The van der Waals surface area contributed by atoms with Crippen molar-refractivity contribution in [1.29, 1.82) is 0 Å². The first-order valence-corrected chi connectivity index (χ1v) is 8.94. The van der Waals surface area contributed by atoms with E-state index in [9.17, 15) is 12.8 Å². The van der Waals surface area contributed by atoms with Crippen LogP contribution in [-0.4, -0.2) is 27.3 Å². The second-order valence-electron chi connectivity index (χ2n) is 5.29. The van der Waals surface area contributed by atoms with Crippen LogP contribution in [0.1, 0.15) is 36.5 Å². The topological polar surface area (TPSA) is 58.2 Å². The Hall–Kier alpha value is -0.980. The number of rotatable bonds is 9. The number of halogens is 1. The molecular weight excluding hydrogens is 291 g/mol. The Kier molecular flexibility index (Phi) is 7.28. The normalized spacial score (nSPS) is 11.8. The van der Waals surface area contributed by atoms with Crippen LogP contribution >= 0.6 is 0 Å². The summed E-state index contributed by atoms with van der Waals surface area (Å²) >= 11 is 0. The Bertz CT molecular complexity index is 536. The van der Waals surface area contributed by atoms with E-state index in [0.29, 0.717) is 24.1 Å². The van der Waals surface area contributed by atoms with Crippen LogP contribution in [0.2, 0.25) is 0 Å². The highest BCUT2D eigenvalue weighted by Crippen LogP contribution is 2.14. The van der Waals surface area contributed by atoms with E-state index >= 15 is 0 Å². The maximum absolute atomic E-state index is 13.5. The lowest BCUT2D eigenvalue weighted by Gasteiger charge is -2.09. The Morgan fingerprint density at radius 2 is 1.76 bits per heavy atom. The zero-order valence-corrected chi connectivity index (χ0v) is 13.8. The van der Waals surface area contributed by atoms with Gasteiger partial charge >= 0.3 is 0 Å². The van der Waals surface area contributed by atoms with Crippen LogP contribution in [0, 0.1) is 19.7 Å². The second-order valence-corrected chi connectivity index (χ2v) is 7.21. The van der Waals surface area contributed by atoms with Crippen molar-refractivity contribution in [2.24, 2.45) is 0 Å². The van der Waals surface area contributed by atoms with Gasteiger partial charge in [0.05, 0.1) is 5.75 Å². The van der Waals surface area contributed by atoms with Crippen molar-refractivity contribution in [3.63, 3.8) is 0 Å². The van der Waals surface area contributed by atoms with E-state index < -0.39 is 10.0 Å². The smallest absolute Gasteiger partial charge is 0.211 e. The molecule has 0 fully saturated rings. The van der Waals surface area contributed by atoms with E-state index in [1.54, 1.807) is 26.0 Å². The molecule has 0 saturated carbocycles. The van der Waals surface area contributed by atoms with Gasteiger partial charge in [-0.2, -0.15) is 0 Å². The number of benzene rings is 1.